The molecule has 0 unspecified atom stereocenters. The number of aromatic nitrogens is 1. The molecule has 0 aromatic carbocycles. The van der Waals surface area contributed by atoms with Crippen LogP contribution in [0.1, 0.15) is 23.2 Å². The maximum absolute atomic E-state index is 12.1. The summed E-state index contributed by atoms with van der Waals surface area (Å²) in [6, 6.07) is 1.52. The molecule has 1 N–H and O–H groups in total. The molecule has 2 heterocycles. The highest BCUT2D eigenvalue weighted by molar-refractivity contribution is 7.88. The van der Waals surface area contributed by atoms with Gasteiger partial charge in [-0.3, -0.25) is 9.78 Å². The molecule has 0 bridgehead atoms. The summed E-state index contributed by atoms with van der Waals surface area (Å²) in [7, 11) is -3.15. The number of amides is 1. The normalized spacial score (nSPS) is 17.9. The van der Waals surface area contributed by atoms with E-state index in [4.69, 9.17) is 11.6 Å². The molecule has 1 saturated heterocycles. The lowest BCUT2D eigenvalue weighted by Crippen LogP contribution is -2.46. The number of hydrogen-bond acceptors (Lipinski definition) is 4. The first-order valence-electron chi connectivity index (χ1n) is 6.23. The van der Waals surface area contributed by atoms with Gasteiger partial charge in [-0.15, -0.1) is 0 Å². The molecule has 0 radical (unpaired) electrons. The van der Waals surface area contributed by atoms with Gasteiger partial charge >= 0.3 is 0 Å². The third-order valence-electron chi connectivity index (χ3n) is 3.28. The smallest absolute Gasteiger partial charge is 0.253 e. The fourth-order valence-electron chi connectivity index (χ4n) is 2.15. The van der Waals surface area contributed by atoms with Gasteiger partial charge in [0.25, 0.3) is 5.91 Å². The van der Waals surface area contributed by atoms with Crippen molar-refractivity contribution in [2.75, 3.05) is 19.3 Å². The molecule has 6 nitrogen and oxygen atoms in total. The topological polar surface area (TPSA) is 79.4 Å². The van der Waals surface area contributed by atoms with Crippen LogP contribution in [0.3, 0.4) is 0 Å². The number of pyridine rings is 1. The molecule has 20 heavy (non-hydrogen) atoms. The van der Waals surface area contributed by atoms with Gasteiger partial charge in [-0.05, 0) is 18.9 Å². The number of hydrogen-bond donors (Lipinski definition) is 1. The van der Waals surface area contributed by atoms with E-state index in [1.54, 1.807) is 6.07 Å². The van der Waals surface area contributed by atoms with Crippen LogP contribution >= 0.6 is 11.6 Å². The van der Waals surface area contributed by atoms with E-state index in [-0.39, 0.29) is 11.9 Å². The van der Waals surface area contributed by atoms with Crippen molar-refractivity contribution >= 4 is 27.5 Å². The molecular weight excluding hydrogens is 302 g/mol. The van der Waals surface area contributed by atoms with Crippen molar-refractivity contribution in [2.24, 2.45) is 0 Å². The number of nitrogens with one attached hydrogen (secondary N) is 1. The van der Waals surface area contributed by atoms with Gasteiger partial charge in [0.05, 0.1) is 16.8 Å². The third kappa shape index (κ3) is 3.68. The van der Waals surface area contributed by atoms with Gasteiger partial charge in [-0.25, -0.2) is 12.7 Å². The minimum Gasteiger partial charge on any atom is -0.349 e. The Labute approximate surface area is 123 Å². The van der Waals surface area contributed by atoms with Crippen molar-refractivity contribution in [1.29, 1.82) is 0 Å². The SMILES string of the molecule is CS(=O)(=O)N1CCC(NC(=O)c2ccncc2Cl)CC1. The molecule has 0 aliphatic carbocycles. The van der Waals surface area contributed by atoms with E-state index in [9.17, 15) is 13.2 Å². The maximum Gasteiger partial charge on any atom is 0.253 e. The van der Waals surface area contributed by atoms with Gasteiger partial charge in [0.2, 0.25) is 10.0 Å². The summed E-state index contributed by atoms with van der Waals surface area (Å²) in [5.41, 5.74) is 0.382. The van der Waals surface area contributed by atoms with Crippen LogP contribution in [0.5, 0.6) is 0 Å². The van der Waals surface area contributed by atoms with Crippen molar-refractivity contribution in [1.82, 2.24) is 14.6 Å². The van der Waals surface area contributed by atoms with Crippen LogP contribution in [0.4, 0.5) is 0 Å². The van der Waals surface area contributed by atoms with Crippen molar-refractivity contribution in [3.63, 3.8) is 0 Å². The molecule has 1 aromatic rings. The lowest BCUT2D eigenvalue weighted by atomic mass is 10.1. The summed E-state index contributed by atoms with van der Waals surface area (Å²) < 4.78 is 24.2. The monoisotopic (exact) mass is 317 g/mol. The second kappa shape index (κ2) is 6.07. The number of rotatable bonds is 3. The fourth-order valence-corrected chi connectivity index (χ4v) is 3.23. The quantitative estimate of drug-likeness (QED) is 0.898. The number of sulfonamides is 1. The van der Waals surface area contributed by atoms with Crippen molar-refractivity contribution in [3.05, 3.63) is 29.0 Å². The summed E-state index contributed by atoms with van der Waals surface area (Å²) in [6.45, 7) is 0.849. The zero-order valence-electron chi connectivity index (χ0n) is 11.0. The molecule has 0 spiro atoms. The summed E-state index contributed by atoms with van der Waals surface area (Å²) in [5.74, 6) is -0.254. The van der Waals surface area contributed by atoms with E-state index < -0.39 is 10.0 Å². The standard InChI is InChI=1S/C12H16ClN3O3S/c1-20(18,19)16-6-3-9(4-7-16)15-12(17)10-2-5-14-8-11(10)13/h2,5,8-9H,3-4,6-7H2,1H3,(H,15,17). The van der Waals surface area contributed by atoms with Crippen LogP contribution in [0.2, 0.25) is 5.02 Å². The molecule has 8 heteroatoms. The van der Waals surface area contributed by atoms with Crippen LogP contribution in [0, 0.1) is 0 Å². The summed E-state index contributed by atoms with van der Waals surface area (Å²) in [6.07, 6.45) is 5.32. The van der Waals surface area contributed by atoms with E-state index >= 15 is 0 Å². The molecule has 0 atom stereocenters. The molecule has 1 aromatic heterocycles. The van der Waals surface area contributed by atoms with Gasteiger partial charge in [0.1, 0.15) is 0 Å². The Morgan fingerprint density at radius 3 is 2.65 bits per heavy atom. The lowest BCUT2D eigenvalue weighted by molar-refractivity contribution is 0.0924. The zero-order valence-corrected chi connectivity index (χ0v) is 12.6. The first-order chi connectivity index (χ1) is 9.38. The Morgan fingerprint density at radius 1 is 1.45 bits per heavy atom. The Kier molecular flexibility index (Phi) is 4.62. The highest BCUT2D eigenvalue weighted by Gasteiger charge is 2.26. The average Bonchev–Trinajstić information content (AvgIpc) is 2.38. The molecule has 110 valence electrons. The van der Waals surface area contributed by atoms with Gasteiger partial charge in [-0.2, -0.15) is 0 Å². The number of piperidine rings is 1. The summed E-state index contributed by atoms with van der Waals surface area (Å²) in [4.78, 5) is 15.9. The van der Waals surface area contributed by atoms with Crippen molar-refractivity contribution in [3.8, 4) is 0 Å². The largest absolute Gasteiger partial charge is 0.349 e. The highest BCUT2D eigenvalue weighted by atomic mass is 35.5. The number of halogens is 1. The Hall–Kier alpha value is -1.18. The minimum absolute atomic E-state index is 0.0373. The second-order valence-electron chi connectivity index (χ2n) is 4.77. The first kappa shape index (κ1) is 15.2. The third-order valence-corrected chi connectivity index (χ3v) is 4.88. The molecular formula is C12H16ClN3O3S. The van der Waals surface area contributed by atoms with E-state index in [1.165, 1.54) is 23.0 Å². The van der Waals surface area contributed by atoms with Crippen molar-refractivity contribution < 1.29 is 13.2 Å². The molecule has 1 amide bonds. The maximum atomic E-state index is 12.1. The average molecular weight is 318 g/mol. The van der Waals surface area contributed by atoms with E-state index in [1.807, 2.05) is 0 Å². The zero-order chi connectivity index (χ0) is 14.8. The Bertz CT molecular complexity index is 598. The first-order valence-corrected chi connectivity index (χ1v) is 8.46. The van der Waals surface area contributed by atoms with E-state index in [0.29, 0.717) is 36.5 Å². The lowest BCUT2D eigenvalue weighted by Gasteiger charge is -2.30. The molecule has 2 rings (SSSR count). The number of carbonyl (C=O) groups excluding carboxylic acids is 1. The molecule has 0 saturated carbocycles. The minimum atomic E-state index is -3.15. The second-order valence-corrected chi connectivity index (χ2v) is 7.15. The van der Waals surface area contributed by atoms with Gasteiger partial charge in [0, 0.05) is 31.5 Å². The van der Waals surface area contributed by atoms with Crippen LogP contribution < -0.4 is 5.32 Å². The Balaban J connectivity index is 1.93. The molecule has 1 aliphatic heterocycles. The van der Waals surface area contributed by atoms with E-state index in [2.05, 4.69) is 10.3 Å². The van der Waals surface area contributed by atoms with Gasteiger partial charge in [-0.1, -0.05) is 11.6 Å². The van der Waals surface area contributed by atoms with Crippen LogP contribution in [0.25, 0.3) is 0 Å². The van der Waals surface area contributed by atoms with Gasteiger partial charge < -0.3 is 5.32 Å². The van der Waals surface area contributed by atoms with Crippen LogP contribution in [-0.4, -0.2) is 49.0 Å². The highest BCUT2D eigenvalue weighted by Crippen LogP contribution is 2.16. The summed E-state index contributed by atoms with van der Waals surface area (Å²) >= 11 is 5.91. The molecule has 1 fully saturated rings. The number of carbonyl (C=O) groups is 1. The van der Waals surface area contributed by atoms with E-state index in [0.717, 1.165) is 0 Å². The van der Waals surface area contributed by atoms with Gasteiger partial charge in [0.15, 0.2) is 0 Å². The predicted molar refractivity (Wildman–Crippen MR) is 76.2 cm³/mol. The molecule has 1 aliphatic rings. The predicted octanol–water partition coefficient (Wildman–Crippen LogP) is 0.889. The van der Waals surface area contributed by atoms with Crippen molar-refractivity contribution in [2.45, 2.75) is 18.9 Å². The van der Waals surface area contributed by atoms with Crippen LogP contribution in [0.15, 0.2) is 18.5 Å². The number of nitrogens with zero attached hydrogens (tertiary/aromatic N) is 2. The van der Waals surface area contributed by atoms with Crippen LogP contribution in [-0.2, 0) is 10.0 Å². The fraction of sp³-hybridized carbons (Fsp3) is 0.500. The summed E-state index contributed by atoms with van der Waals surface area (Å²) in [5, 5.41) is 3.18. The Morgan fingerprint density at radius 2 is 2.10 bits per heavy atom.